The van der Waals surface area contributed by atoms with Crippen molar-refractivity contribution >= 4 is 22.0 Å². The van der Waals surface area contributed by atoms with Crippen LogP contribution in [0.3, 0.4) is 0 Å². The summed E-state index contributed by atoms with van der Waals surface area (Å²) in [6.07, 6.45) is 6.32. The normalized spacial score (nSPS) is 19.7. The Labute approximate surface area is 172 Å². The zero-order valence-corrected chi connectivity index (χ0v) is 17.5. The molecule has 0 aromatic heterocycles. The van der Waals surface area contributed by atoms with E-state index in [0.717, 1.165) is 0 Å². The number of nitrogens with zero attached hydrogens (tertiary/aromatic N) is 2. The van der Waals surface area contributed by atoms with Crippen molar-refractivity contribution in [2.45, 2.75) is 49.3 Å². The number of nitrogens with one attached hydrogen (secondary N) is 1. The van der Waals surface area contributed by atoms with E-state index in [4.69, 9.17) is 5.73 Å². The predicted octanol–water partition coefficient (Wildman–Crippen LogP) is 1.63. The van der Waals surface area contributed by atoms with Crippen molar-refractivity contribution in [2.24, 2.45) is 5.73 Å². The third-order valence-corrected chi connectivity index (χ3v) is 7.76. The largest absolute Gasteiger partial charge is 0.351 e. The smallest absolute Gasteiger partial charge is 0.318 e. The van der Waals surface area contributed by atoms with E-state index < -0.39 is 22.0 Å². The van der Waals surface area contributed by atoms with E-state index in [0.29, 0.717) is 43.5 Å². The number of benzene rings is 1. The lowest BCUT2D eigenvalue weighted by Crippen LogP contribution is -2.49. The molecular formula is C20H30N4O4S. The fraction of sp³-hybridized carbons (Fsp3) is 0.600. The lowest BCUT2D eigenvalue weighted by atomic mass is 9.84. The molecule has 1 aliphatic heterocycles. The Morgan fingerprint density at radius 1 is 1.00 bits per heavy atom. The fourth-order valence-electron chi connectivity index (χ4n) is 4.15. The molecule has 1 aromatic rings. The van der Waals surface area contributed by atoms with Gasteiger partial charge in [-0.25, -0.2) is 13.2 Å². The number of amides is 3. The first-order chi connectivity index (χ1) is 13.9. The summed E-state index contributed by atoms with van der Waals surface area (Å²) in [5, 5.41) is 2.03. The van der Waals surface area contributed by atoms with Crippen LogP contribution >= 0.6 is 0 Å². The van der Waals surface area contributed by atoms with Crippen LogP contribution in [0.25, 0.3) is 0 Å². The summed E-state index contributed by atoms with van der Waals surface area (Å²) in [6, 6.07) is 6.55. The number of rotatable bonds is 6. The summed E-state index contributed by atoms with van der Waals surface area (Å²) < 4.78 is 27.4. The molecule has 1 aromatic carbocycles. The van der Waals surface area contributed by atoms with Crippen molar-refractivity contribution in [2.75, 3.05) is 32.7 Å². The molecule has 2 aliphatic rings. The van der Waals surface area contributed by atoms with Crippen molar-refractivity contribution < 1.29 is 18.0 Å². The first-order valence-electron chi connectivity index (χ1n) is 10.3. The third kappa shape index (κ3) is 5.77. The summed E-state index contributed by atoms with van der Waals surface area (Å²) in [4.78, 5) is 24.5. The van der Waals surface area contributed by atoms with E-state index in [1.807, 2.05) is 22.3 Å². The molecule has 3 amide bonds. The highest BCUT2D eigenvalue weighted by molar-refractivity contribution is 7.89. The topological polar surface area (TPSA) is 113 Å². The molecule has 3 N–H and O–H groups in total. The average Bonchev–Trinajstić information content (AvgIpc) is 2.73. The van der Waals surface area contributed by atoms with Gasteiger partial charge in [-0.15, -0.1) is 0 Å². The highest BCUT2D eigenvalue weighted by Crippen LogP contribution is 2.33. The second-order valence-electron chi connectivity index (χ2n) is 7.81. The number of carbonyl (C=O) groups excluding carboxylic acids is 2. The van der Waals surface area contributed by atoms with Crippen LogP contribution in [-0.4, -0.2) is 62.3 Å². The van der Waals surface area contributed by atoms with Gasteiger partial charge < -0.3 is 10.6 Å². The maximum absolute atomic E-state index is 13.0. The number of primary amides is 1. The molecule has 8 nitrogen and oxygen atoms in total. The Kier molecular flexibility index (Phi) is 7.26. The van der Waals surface area contributed by atoms with Gasteiger partial charge in [0.25, 0.3) is 0 Å². The summed E-state index contributed by atoms with van der Waals surface area (Å²) in [7, 11) is -3.51. The number of carbonyl (C=O) groups is 2. The van der Waals surface area contributed by atoms with Crippen molar-refractivity contribution in [1.29, 1.82) is 0 Å². The fourth-order valence-corrected chi connectivity index (χ4v) is 5.57. The highest BCUT2D eigenvalue weighted by atomic mass is 32.2. The van der Waals surface area contributed by atoms with Crippen molar-refractivity contribution in [3.63, 3.8) is 0 Å². The minimum Gasteiger partial charge on any atom is -0.351 e. The molecular weight excluding hydrogens is 392 g/mol. The molecule has 0 unspecified atom stereocenters. The molecule has 1 saturated heterocycles. The van der Waals surface area contributed by atoms with Crippen LogP contribution in [-0.2, 0) is 14.8 Å². The van der Waals surface area contributed by atoms with Gasteiger partial charge in [0.1, 0.15) is 0 Å². The molecule has 160 valence electrons. The van der Waals surface area contributed by atoms with Gasteiger partial charge in [0, 0.05) is 39.1 Å². The maximum Gasteiger partial charge on any atom is 0.318 e. The minimum absolute atomic E-state index is 0.151. The highest BCUT2D eigenvalue weighted by Gasteiger charge is 2.29. The molecule has 0 atom stereocenters. The Morgan fingerprint density at radius 3 is 2.21 bits per heavy atom. The first-order valence-corrected chi connectivity index (χ1v) is 11.7. The van der Waals surface area contributed by atoms with Crippen LogP contribution in [0.2, 0.25) is 0 Å². The zero-order chi connectivity index (χ0) is 20.9. The van der Waals surface area contributed by atoms with Gasteiger partial charge in [-0.2, -0.15) is 4.31 Å². The molecule has 0 radical (unpaired) electrons. The number of hydrogen-bond acceptors (Lipinski definition) is 5. The SMILES string of the molecule is NC(=O)NC(=O)CCN1CCN(S(=O)(=O)c2ccc(C3CCCCC3)cc2)CC1. The predicted molar refractivity (Wildman–Crippen MR) is 110 cm³/mol. The number of sulfonamides is 1. The third-order valence-electron chi connectivity index (χ3n) is 5.84. The lowest BCUT2D eigenvalue weighted by Gasteiger charge is -2.33. The molecule has 0 bridgehead atoms. The molecule has 1 saturated carbocycles. The van der Waals surface area contributed by atoms with Crippen molar-refractivity contribution in [3.8, 4) is 0 Å². The van der Waals surface area contributed by atoms with E-state index >= 15 is 0 Å². The van der Waals surface area contributed by atoms with Gasteiger partial charge in [0.15, 0.2) is 0 Å². The van der Waals surface area contributed by atoms with Crippen molar-refractivity contribution in [3.05, 3.63) is 29.8 Å². The van der Waals surface area contributed by atoms with Crippen molar-refractivity contribution in [1.82, 2.24) is 14.5 Å². The number of nitrogens with two attached hydrogens (primary N) is 1. The Bertz CT molecular complexity index is 811. The van der Waals surface area contributed by atoms with Crippen LogP contribution in [0.5, 0.6) is 0 Å². The molecule has 2 fully saturated rings. The molecule has 29 heavy (non-hydrogen) atoms. The quantitative estimate of drug-likeness (QED) is 0.723. The van der Waals surface area contributed by atoms with E-state index in [1.54, 1.807) is 12.1 Å². The summed E-state index contributed by atoms with van der Waals surface area (Å²) in [6.45, 7) is 2.31. The second kappa shape index (κ2) is 9.69. The van der Waals surface area contributed by atoms with Gasteiger partial charge in [0.05, 0.1) is 4.90 Å². The van der Waals surface area contributed by atoms with Gasteiger partial charge in [-0.05, 0) is 36.5 Å². The summed E-state index contributed by atoms with van der Waals surface area (Å²) in [5.41, 5.74) is 6.16. The lowest BCUT2D eigenvalue weighted by molar-refractivity contribution is -0.120. The van der Waals surface area contributed by atoms with Crippen LogP contribution in [0.1, 0.15) is 50.0 Å². The molecule has 9 heteroatoms. The van der Waals surface area contributed by atoms with Gasteiger partial charge in [-0.1, -0.05) is 31.4 Å². The van der Waals surface area contributed by atoms with Crippen LogP contribution < -0.4 is 11.1 Å². The first kappa shape index (κ1) is 21.7. The molecule has 1 heterocycles. The number of imide groups is 1. The second-order valence-corrected chi connectivity index (χ2v) is 9.75. The Hall–Kier alpha value is -1.97. The monoisotopic (exact) mass is 422 g/mol. The van der Waals surface area contributed by atoms with E-state index in [2.05, 4.69) is 0 Å². The molecule has 3 rings (SSSR count). The van der Waals surface area contributed by atoms with Crippen LogP contribution in [0, 0.1) is 0 Å². The maximum atomic E-state index is 13.0. The average molecular weight is 423 g/mol. The van der Waals surface area contributed by atoms with Gasteiger partial charge >= 0.3 is 6.03 Å². The van der Waals surface area contributed by atoms with Crippen LogP contribution in [0.15, 0.2) is 29.2 Å². The molecule has 0 spiro atoms. The van der Waals surface area contributed by atoms with Crippen LogP contribution in [0.4, 0.5) is 4.79 Å². The van der Waals surface area contributed by atoms with E-state index in [-0.39, 0.29) is 6.42 Å². The zero-order valence-electron chi connectivity index (χ0n) is 16.7. The van der Waals surface area contributed by atoms with E-state index in [1.165, 1.54) is 42.0 Å². The molecule has 1 aliphatic carbocycles. The summed E-state index contributed by atoms with van der Waals surface area (Å²) >= 11 is 0. The van der Waals surface area contributed by atoms with Gasteiger partial charge in [-0.3, -0.25) is 10.1 Å². The minimum atomic E-state index is -3.51. The number of hydrogen-bond donors (Lipinski definition) is 2. The Balaban J connectivity index is 1.53. The summed E-state index contributed by atoms with van der Waals surface area (Å²) in [5.74, 6) is 0.126. The number of urea groups is 1. The van der Waals surface area contributed by atoms with E-state index in [9.17, 15) is 18.0 Å². The van der Waals surface area contributed by atoms with Gasteiger partial charge in [0.2, 0.25) is 15.9 Å². The standard InChI is InChI=1S/C20H30N4O4S/c21-20(26)22-19(25)10-11-23-12-14-24(15-13-23)29(27,28)18-8-6-17(7-9-18)16-4-2-1-3-5-16/h6-9,16H,1-5,10-15H2,(H3,21,22,25,26). The number of piperazine rings is 1. The Morgan fingerprint density at radius 2 is 1.62 bits per heavy atom.